The zero-order valence-electron chi connectivity index (χ0n) is 23.9. The van der Waals surface area contributed by atoms with Gasteiger partial charge in [0.2, 0.25) is 11.8 Å². The van der Waals surface area contributed by atoms with Crippen LogP contribution in [-0.4, -0.2) is 62.8 Å². The molecule has 2 aliphatic rings. The topological polar surface area (TPSA) is 74.6 Å². The van der Waals surface area contributed by atoms with E-state index in [9.17, 15) is 9.59 Å². The lowest BCUT2D eigenvalue weighted by molar-refractivity contribution is -0.132. The van der Waals surface area contributed by atoms with Crippen molar-refractivity contribution in [3.05, 3.63) is 88.9 Å². The van der Waals surface area contributed by atoms with Crippen LogP contribution in [0, 0.1) is 5.92 Å². The second-order valence-corrected chi connectivity index (χ2v) is 11.8. The van der Waals surface area contributed by atoms with E-state index in [1.165, 1.54) is 5.56 Å². The Morgan fingerprint density at radius 2 is 1.60 bits per heavy atom. The smallest absolute Gasteiger partial charge is 0.230 e. The van der Waals surface area contributed by atoms with Crippen molar-refractivity contribution < 1.29 is 9.59 Å². The van der Waals surface area contributed by atoms with Crippen LogP contribution in [-0.2, 0) is 29.2 Å². The van der Waals surface area contributed by atoms with Crippen molar-refractivity contribution in [1.29, 1.82) is 0 Å². The number of amides is 2. The van der Waals surface area contributed by atoms with E-state index in [2.05, 4.69) is 33.4 Å². The number of aromatic nitrogens is 3. The predicted molar refractivity (Wildman–Crippen MR) is 165 cm³/mol. The molecule has 1 aliphatic carbocycles. The first-order valence-electron chi connectivity index (χ1n) is 15.0. The van der Waals surface area contributed by atoms with Gasteiger partial charge < -0.3 is 9.80 Å². The number of aryl methyl sites for hydroxylation is 1. The quantitative estimate of drug-likeness (QED) is 0.297. The standard InChI is InChI=1S/C33H37ClN6O2/c34-28-15-11-25(12-16-28)23-37-18-5-20-38(32(41)17-22-40-31-10-4-2-8-29(31)35-36-40)24-27-7-1-3-9-30(27)39(21-6-19-37)33(42)26-13-14-26/h1-4,7-12,15-16,26H,5-6,13-14,17-24H2. The zero-order chi connectivity index (χ0) is 28.9. The molecule has 3 aromatic carbocycles. The van der Waals surface area contributed by atoms with Gasteiger partial charge in [0.05, 0.1) is 12.1 Å². The molecule has 1 aliphatic heterocycles. The number of anilines is 1. The van der Waals surface area contributed by atoms with Crippen molar-refractivity contribution in [2.45, 2.75) is 51.7 Å². The molecule has 42 heavy (non-hydrogen) atoms. The summed E-state index contributed by atoms with van der Waals surface area (Å²) in [5, 5.41) is 9.24. The van der Waals surface area contributed by atoms with E-state index in [-0.39, 0.29) is 17.7 Å². The van der Waals surface area contributed by atoms with Gasteiger partial charge in [-0.2, -0.15) is 0 Å². The van der Waals surface area contributed by atoms with Crippen molar-refractivity contribution >= 4 is 40.1 Å². The highest BCUT2D eigenvalue weighted by molar-refractivity contribution is 6.30. The Hall–Kier alpha value is -3.75. The minimum Gasteiger partial charge on any atom is -0.338 e. The molecule has 1 aromatic heterocycles. The molecule has 1 fully saturated rings. The summed E-state index contributed by atoms with van der Waals surface area (Å²) in [4.78, 5) is 33.6. The minimum atomic E-state index is 0.0748. The van der Waals surface area contributed by atoms with Crippen LogP contribution in [0.15, 0.2) is 72.8 Å². The van der Waals surface area contributed by atoms with Gasteiger partial charge in [-0.1, -0.05) is 59.3 Å². The fourth-order valence-electron chi connectivity index (χ4n) is 5.80. The van der Waals surface area contributed by atoms with Crippen molar-refractivity contribution in [3.8, 4) is 0 Å². The van der Waals surface area contributed by atoms with E-state index >= 15 is 0 Å². The molecule has 218 valence electrons. The first kappa shape index (κ1) is 28.4. The zero-order valence-corrected chi connectivity index (χ0v) is 24.6. The van der Waals surface area contributed by atoms with Crippen LogP contribution < -0.4 is 4.90 Å². The maximum absolute atomic E-state index is 13.8. The first-order valence-corrected chi connectivity index (χ1v) is 15.3. The Morgan fingerprint density at radius 3 is 2.40 bits per heavy atom. The molecule has 1 saturated carbocycles. The van der Waals surface area contributed by atoms with E-state index in [1.54, 1.807) is 0 Å². The summed E-state index contributed by atoms with van der Waals surface area (Å²) in [6.07, 6.45) is 3.99. The van der Waals surface area contributed by atoms with Crippen LogP contribution in [0.2, 0.25) is 5.02 Å². The van der Waals surface area contributed by atoms with Gasteiger partial charge in [0.15, 0.2) is 0 Å². The second kappa shape index (κ2) is 13.0. The van der Waals surface area contributed by atoms with Crippen molar-refractivity contribution in [2.75, 3.05) is 31.1 Å². The summed E-state index contributed by atoms with van der Waals surface area (Å²) in [6.45, 7) is 4.77. The molecule has 2 amide bonds. The number of rotatable bonds is 6. The Morgan fingerprint density at radius 1 is 0.857 bits per heavy atom. The first-order chi connectivity index (χ1) is 20.5. The van der Waals surface area contributed by atoms with Crippen LogP contribution in [0.1, 0.15) is 43.2 Å². The highest BCUT2D eigenvalue weighted by Crippen LogP contribution is 2.34. The summed E-state index contributed by atoms with van der Waals surface area (Å²) in [6, 6.07) is 23.9. The fourth-order valence-corrected chi connectivity index (χ4v) is 5.93. The third-order valence-corrected chi connectivity index (χ3v) is 8.48. The molecule has 0 N–H and O–H groups in total. The predicted octanol–water partition coefficient (Wildman–Crippen LogP) is 5.54. The number of benzene rings is 3. The highest BCUT2D eigenvalue weighted by Gasteiger charge is 2.35. The molecule has 8 nitrogen and oxygen atoms in total. The SMILES string of the molecule is O=C(CCn1nnc2ccccc21)N1CCCN(Cc2ccc(Cl)cc2)CCCN(C(=O)C2CC2)c2ccccc2C1. The molecular weight excluding hydrogens is 548 g/mol. The third kappa shape index (κ3) is 6.82. The Balaban J connectivity index is 1.23. The van der Waals surface area contributed by atoms with Gasteiger partial charge in [-0.25, -0.2) is 4.68 Å². The molecule has 0 radical (unpaired) electrons. The molecule has 0 bridgehead atoms. The molecule has 0 unspecified atom stereocenters. The van der Waals surface area contributed by atoms with Gasteiger partial charge in [0, 0.05) is 62.3 Å². The van der Waals surface area contributed by atoms with Gasteiger partial charge in [-0.3, -0.25) is 14.5 Å². The maximum Gasteiger partial charge on any atom is 0.230 e. The molecule has 2 heterocycles. The van der Waals surface area contributed by atoms with Crippen LogP contribution in [0.5, 0.6) is 0 Å². The lowest BCUT2D eigenvalue weighted by atomic mass is 10.1. The summed E-state index contributed by atoms with van der Waals surface area (Å²) in [7, 11) is 0. The van der Waals surface area contributed by atoms with Crippen molar-refractivity contribution in [1.82, 2.24) is 24.8 Å². The van der Waals surface area contributed by atoms with E-state index in [1.807, 2.05) is 69.1 Å². The Kier molecular flexibility index (Phi) is 8.81. The molecule has 0 spiro atoms. The lowest BCUT2D eigenvalue weighted by Crippen LogP contribution is -2.39. The van der Waals surface area contributed by atoms with Gasteiger partial charge in [-0.15, -0.1) is 5.10 Å². The largest absolute Gasteiger partial charge is 0.338 e. The minimum absolute atomic E-state index is 0.0748. The number of carbonyl (C=O) groups is 2. The Labute approximate surface area is 251 Å². The number of fused-ring (bicyclic) bond motifs is 2. The number of para-hydroxylation sites is 2. The average Bonchev–Trinajstić information content (AvgIpc) is 3.78. The number of nitrogens with zero attached hydrogens (tertiary/aromatic N) is 6. The highest BCUT2D eigenvalue weighted by atomic mass is 35.5. The molecule has 9 heteroatoms. The van der Waals surface area contributed by atoms with Crippen LogP contribution in [0.3, 0.4) is 0 Å². The molecular formula is C33H37ClN6O2. The molecule has 0 saturated heterocycles. The molecule has 6 rings (SSSR count). The van der Waals surface area contributed by atoms with E-state index < -0.39 is 0 Å². The monoisotopic (exact) mass is 584 g/mol. The number of hydrogen-bond acceptors (Lipinski definition) is 5. The third-order valence-electron chi connectivity index (χ3n) is 8.22. The summed E-state index contributed by atoms with van der Waals surface area (Å²) in [5.74, 6) is 0.400. The Bertz CT molecular complexity index is 1530. The summed E-state index contributed by atoms with van der Waals surface area (Å²) < 4.78 is 1.81. The van der Waals surface area contributed by atoms with Gasteiger partial charge in [0.25, 0.3) is 0 Å². The van der Waals surface area contributed by atoms with Gasteiger partial charge in [0.1, 0.15) is 5.52 Å². The average molecular weight is 585 g/mol. The molecule has 4 aromatic rings. The van der Waals surface area contributed by atoms with Gasteiger partial charge >= 0.3 is 0 Å². The van der Waals surface area contributed by atoms with Crippen LogP contribution in [0.4, 0.5) is 5.69 Å². The summed E-state index contributed by atoms with van der Waals surface area (Å²) in [5.41, 5.74) is 4.91. The molecule has 0 atom stereocenters. The maximum atomic E-state index is 13.8. The normalized spacial score (nSPS) is 17.0. The van der Waals surface area contributed by atoms with Crippen LogP contribution in [0.25, 0.3) is 11.0 Å². The lowest BCUT2D eigenvalue weighted by Gasteiger charge is -2.32. The number of carbonyl (C=O) groups excluding carboxylic acids is 2. The van der Waals surface area contributed by atoms with Crippen LogP contribution >= 0.6 is 11.6 Å². The summed E-state index contributed by atoms with van der Waals surface area (Å²) >= 11 is 6.13. The number of halogens is 1. The van der Waals surface area contributed by atoms with Crippen molar-refractivity contribution in [3.63, 3.8) is 0 Å². The van der Waals surface area contributed by atoms with E-state index in [0.29, 0.717) is 32.6 Å². The van der Waals surface area contributed by atoms with E-state index in [4.69, 9.17) is 11.6 Å². The second-order valence-electron chi connectivity index (χ2n) is 11.4. The number of hydrogen-bond donors (Lipinski definition) is 0. The fraction of sp³-hybridized carbons (Fsp3) is 0.394. The van der Waals surface area contributed by atoms with E-state index in [0.717, 1.165) is 72.6 Å². The van der Waals surface area contributed by atoms with Gasteiger partial charge in [-0.05, 0) is 67.1 Å². The van der Waals surface area contributed by atoms with Crippen molar-refractivity contribution in [2.24, 2.45) is 5.92 Å².